The molecule has 5 nitrogen and oxygen atoms in total. The summed E-state index contributed by atoms with van der Waals surface area (Å²) in [6, 6.07) is 13.4. The Hall–Kier alpha value is -2.95. The lowest BCUT2D eigenvalue weighted by Gasteiger charge is -2.19. The van der Waals surface area contributed by atoms with Gasteiger partial charge < -0.3 is 9.88 Å². The van der Waals surface area contributed by atoms with Crippen molar-refractivity contribution in [1.29, 1.82) is 0 Å². The molecule has 1 N–H and O–H groups in total. The molecular weight excluding hydrogens is 300 g/mol. The molecule has 0 spiro atoms. The SMILES string of the molecule is Cc1ncccc1C(=O)N[C@@H](Cc1nccn1C)c1ccccc1. The Labute approximate surface area is 141 Å². The lowest BCUT2D eigenvalue weighted by molar-refractivity contribution is 0.0935. The van der Waals surface area contributed by atoms with Gasteiger partial charge in [0, 0.05) is 37.8 Å². The fourth-order valence-corrected chi connectivity index (χ4v) is 2.67. The molecule has 2 aromatic heterocycles. The molecule has 0 aliphatic rings. The maximum absolute atomic E-state index is 12.7. The zero-order valence-corrected chi connectivity index (χ0v) is 13.8. The fraction of sp³-hybridized carbons (Fsp3) is 0.211. The number of pyridine rings is 1. The van der Waals surface area contributed by atoms with Crippen LogP contribution in [-0.4, -0.2) is 20.4 Å². The quantitative estimate of drug-likeness (QED) is 0.786. The Kier molecular flexibility index (Phi) is 4.70. The van der Waals surface area contributed by atoms with Crippen LogP contribution in [0.4, 0.5) is 0 Å². The van der Waals surface area contributed by atoms with Gasteiger partial charge >= 0.3 is 0 Å². The smallest absolute Gasteiger partial charge is 0.253 e. The van der Waals surface area contributed by atoms with Gasteiger partial charge in [-0.05, 0) is 24.6 Å². The van der Waals surface area contributed by atoms with Crippen LogP contribution in [0.1, 0.15) is 33.5 Å². The van der Waals surface area contributed by atoms with Crippen molar-refractivity contribution in [2.75, 3.05) is 0 Å². The van der Waals surface area contributed by atoms with Crippen molar-refractivity contribution in [3.8, 4) is 0 Å². The summed E-state index contributed by atoms with van der Waals surface area (Å²) < 4.78 is 1.97. The number of rotatable bonds is 5. The molecule has 0 radical (unpaired) electrons. The Balaban J connectivity index is 1.86. The summed E-state index contributed by atoms with van der Waals surface area (Å²) in [5, 5.41) is 3.12. The third-order valence-electron chi connectivity index (χ3n) is 4.07. The van der Waals surface area contributed by atoms with Gasteiger partial charge in [-0.1, -0.05) is 30.3 Å². The molecule has 0 aliphatic carbocycles. The number of imidazole rings is 1. The van der Waals surface area contributed by atoms with E-state index in [0.29, 0.717) is 12.0 Å². The zero-order valence-electron chi connectivity index (χ0n) is 13.8. The van der Waals surface area contributed by atoms with E-state index < -0.39 is 0 Å². The Morgan fingerprint density at radius 1 is 1.12 bits per heavy atom. The van der Waals surface area contributed by atoms with Gasteiger partial charge in [0.25, 0.3) is 5.91 Å². The van der Waals surface area contributed by atoms with Crippen LogP contribution in [0.5, 0.6) is 0 Å². The normalized spacial score (nSPS) is 11.9. The standard InChI is InChI=1S/C19H20N4O/c1-14-16(9-6-10-20-14)19(24)22-17(15-7-4-3-5-8-15)13-18-21-11-12-23(18)2/h3-12,17H,13H2,1-2H3,(H,22,24)/t17-/m0/s1. The van der Waals surface area contributed by atoms with Crippen LogP contribution in [0.15, 0.2) is 61.1 Å². The number of amides is 1. The van der Waals surface area contributed by atoms with Crippen molar-refractivity contribution >= 4 is 5.91 Å². The largest absolute Gasteiger partial charge is 0.345 e. The van der Waals surface area contributed by atoms with Gasteiger partial charge in [-0.2, -0.15) is 0 Å². The highest BCUT2D eigenvalue weighted by Crippen LogP contribution is 2.18. The van der Waals surface area contributed by atoms with Crippen molar-refractivity contribution in [3.63, 3.8) is 0 Å². The number of nitrogens with zero attached hydrogens (tertiary/aromatic N) is 3. The summed E-state index contributed by atoms with van der Waals surface area (Å²) in [5.41, 5.74) is 2.37. The molecule has 122 valence electrons. The van der Waals surface area contributed by atoms with E-state index in [0.717, 1.165) is 17.1 Å². The molecule has 1 aromatic carbocycles. The summed E-state index contributed by atoms with van der Waals surface area (Å²) in [6.45, 7) is 1.84. The van der Waals surface area contributed by atoms with Crippen LogP contribution in [-0.2, 0) is 13.5 Å². The lowest BCUT2D eigenvalue weighted by atomic mass is 10.0. The van der Waals surface area contributed by atoms with Crippen LogP contribution < -0.4 is 5.32 Å². The number of hydrogen-bond acceptors (Lipinski definition) is 3. The minimum absolute atomic E-state index is 0.122. The van der Waals surface area contributed by atoms with E-state index in [4.69, 9.17) is 0 Å². The first-order chi connectivity index (χ1) is 11.6. The summed E-state index contributed by atoms with van der Waals surface area (Å²) in [5.74, 6) is 0.802. The maximum Gasteiger partial charge on any atom is 0.253 e. The van der Waals surface area contributed by atoms with Crippen molar-refractivity contribution in [2.24, 2.45) is 7.05 Å². The monoisotopic (exact) mass is 320 g/mol. The van der Waals surface area contributed by atoms with Crippen molar-refractivity contribution in [2.45, 2.75) is 19.4 Å². The second-order valence-electron chi connectivity index (χ2n) is 5.73. The fourth-order valence-electron chi connectivity index (χ4n) is 2.67. The highest BCUT2D eigenvalue weighted by atomic mass is 16.1. The van der Waals surface area contributed by atoms with E-state index in [1.54, 1.807) is 24.5 Å². The van der Waals surface area contributed by atoms with Gasteiger partial charge in [0.05, 0.1) is 11.6 Å². The summed E-state index contributed by atoms with van der Waals surface area (Å²) in [4.78, 5) is 21.3. The Morgan fingerprint density at radius 2 is 1.92 bits per heavy atom. The minimum Gasteiger partial charge on any atom is -0.345 e. The summed E-state index contributed by atoms with van der Waals surface area (Å²) in [6.07, 6.45) is 5.99. The number of aromatic nitrogens is 3. The zero-order chi connectivity index (χ0) is 16.9. The summed E-state index contributed by atoms with van der Waals surface area (Å²) in [7, 11) is 1.96. The molecule has 0 aliphatic heterocycles. The van der Waals surface area contributed by atoms with Crippen LogP contribution in [0.2, 0.25) is 0 Å². The second kappa shape index (κ2) is 7.08. The van der Waals surface area contributed by atoms with Gasteiger partial charge in [-0.3, -0.25) is 9.78 Å². The van der Waals surface area contributed by atoms with Crippen molar-refractivity contribution in [1.82, 2.24) is 19.9 Å². The summed E-state index contributed by atoms with van der Waals surface area (Å²) >= 11 is 0. The average Bonchev–Trinajstić information content (AvgIpc) is 3.00. The molecule has 0 unspecified atom stereocenters. The topological polar surface area (TPSA) is 59.8 Å². The lowest BCUT2D eigenvalue weighted by Crippen LogP contribution is -2.31. The molecule has 0 fully saturated rings. The number of carbonyl (C=O) groups is 1. The maximum atomic E-state index is 12.7. The number of nitrogens with one attached hydrogen (secondary N) is 1. The third-order valence-corrected chi connectivity index (χ3v) is 4.07. The number of carbonyl (C=O) groups excluding carboxylic acids is 1. The highest BCUT2D eigenvalue weighted by Gasteiger charge is 2.19. The first-order valence-electron chi connectivity index (χ1n) is 7.89. The first-order valence-corrected chi connectivity index (χ1v) is 7.89. The molecule has 5 heteroatoms. The second-order valence-corrected chi connectivity index (χ2v) is 5.73. The van der Waals surface area contributed by atoms with E-state index >= 15 is 0 Å². The van der Waals surface area contributed by atoms with Crippen molar-refractivity contribution < 1.29 is 4.79 Å². The number of benzene rings is 1. The molecule has 3 aromatic rings. The van der Waals surface area contributed by atoms with Crippen LogP contribution in [0, 0.1) is 6.92 Å². The van der Waals surface area contributed by atoms with Gasteiger partial charge in [0.15, 0.2) is 0 Å². The van der Waals surface area contributed by atoms with Crippen molar-refractivity contribution in [3.05, 3.63) is 83.7 Å². The van der Waals surface area contributed by atoms with Crippen LogP contribution in [0.3, 0.4) is 0 Å². The van der Waals surface area contributed by atoms with E-state index in [9.17, 15) is 4.79 Å². The van der Waals surface area contributed by atoms with E-state index in [1.807, 2.05) is 55.1 Å². The molecule has 1 amide bonds. The third kappa shape index (κ3) is 3.51. The Morgan fingerprint density at radius 3 is 2.58 bits per heavy atom. The number of hydrogen-bond donors (Lipinski definition) is 1. The molecule has 0 saturated carbocycles. The number of aryl methyl sites for hydroxylation is 2. The van der Waals surface area contributed by atoms with Gasteiger partial charge in [0.2, 0.25) is 0 Å². The molecule has 0 saturated heterocycles. The van der Waals surface area contributed by atoms with E-state index in [2.05, 4.69) is 15.3 Å². The van der Waals surface area contributed by atoms with Crippen LogP contribution in [0.25, 0.3) is 0 Å². The van der Waals surface area contributed by atoms with Gasteiger partial charge in [-0.15, -0.1) is 0 Å². The first kappa shape index (κ1) is 15.9. The predicted molar refractivity (Wildman–Crippen MR) is 92.5 cm³/mol. The van der Waals surface area contributed by atoms with E-state index in [-0.39, 0.29) is 11.9 Å². The van der Waals surface area contributed by atoms with Gasteiger partial charge in [0.1, 0.15) is 5.82 Å². The van der Waals surface area contributed by atoms with Crippen LogP contribution >= 0.6 is 0 Å². The highest BCUT2D eigenvalue weighted by molar-refractivity contribution is 5.95. The van der Waals surface area contributed by atoms with E-state index in [1.165, 1.54) is 0 Å². The minimum atomic E-state index is -0.153. The molecular formula is C19H20N4O. The Bertz CT molecular complexity index is 826. The van der Waals surface area contributed by atoms with Gasteiger partial charge in [-0.25, -0.2) is 4.98 Å². The molecule has 3 rings (SSSR count). The predicted octanol–water partition coefficient (Wildman–Crippen LogP) is 2.84. The average molecular weight is 320 g/mol. The molecule has 1 atom stereocenters. The molecule has 24 heavy (non-hydrogen) atoms. The molecule has 2 heterocycles. The molecule has 0 bridgehead atoms.